The van der Waals surface area contributed by atoms with E-state index in [1.165, 1.54) is 12.1 Å². The van der Waals surface area contributed by atoms with Gasteiger partial charge in [-0.2, -0.15) is 8.78 Å². The van der Waals surface area contributed by atoms with Gasteiger partial charge in [0.15, 0.2) is 0 Å². The number of aromatic hydroxyl groups is 1. The Hall–Kier alpha value is -1.72. The fraction of sp³-hybridized carbons (Fsp3) is 0.143. The van der Waals surface area contributed by atoms with Crippen molar-refractivity contribution in [3.05, 3.63) is 52.0 Å². The van der Waals surface area contributed by atoms with E-state index in [4.69, 9.17) is 23.2 Å². The summed E-state index contributed by atoms with van der Waals surface area (Å²) in [5, 5.41) is 13.1. The van der Waals surface area contributed by atoms with Crippen molar-refractivity contribution in [1.29, 1.82) is 0 Å². The maximum Gasteiger partial charge on any atom is 0.387 e. The minimum Gasteiger partial charge on any atom is -0.506 e. The van der Waals surface area contributed by atoms with Gasteiger partial charge in [0.25, 0.3) is 0 Å². The lowest BCUT2D eigenvalue weighted by molar-refractivity contribution is -0.0497. The first kappa shape index (κ1) is 15.7. The first-order chi connectivity index (χ1) is 9.97. The number of alkyl halides is 2. The summed E-state index contributed by atoms with van der Waals surface area (Å²) in [5.41, 5.74) is 1.20. The number of phenols is 1. The number of rotatable bonds is 5. The van der Waals surface area contributed by atoms with Gasteiger partial charge in [-0.3, -0.25) is 0 Å². The van der Waals surface area contributed by atoms with Gasteiger partial charge in [0, 0.05) is 17.8 Å². The maximum atomic E-state index is 12.1. The van der Waals surface area contributed by atoms with Gasteiger partial charge in [0.05, 0.1) is 10.0 Å². The summed E-state index contributed by atoms with van der Waals surface area (Å²) in [5.74, 6) is -0.0989. The Bertz CT molecular complexity index is 638. The van der Waals surface area contributed by atoms with Crippen molar-refractivity contribution in [1.82, 2.24) is 0 Å². The molecule has 0 aliphatic heterocycles. The third kappa shape index (κ3) is 4.12. The lowest BCUT2D eigenvalue weighted by Gasteiger charge is -2.11. The molecule has 0 heterocycles. The van der Waals surface area contributed by atoms with E-state index in [0.29, 0.717) is 17.8 Å². The Morgan fingerprint density at radius 3 is 2.57 bits per heavy atom. The van der Waals surface area contributed by atoms with Crippen LogP contribution in [0.25, 0.3) is 0 Å². The second-order valence-corrected chi connectivity index (χ2v) is 4.94. The zero-order chi connectivity index (χ0) is 15.4. The number of hydrogen-bond donors (Lipinski definition) is 2. The molecule has 0 aliphatic carbocycles. The third-order valence-corrected chi connectivity index (χ3v) is 3.30. The molecule has 0 saturated heterocycles. The van der Waals surface area contributed by atoms with Gasteiger partial charge >= 0.3 is 6.61 Å². The highest BCUT2D eigenvalue weighted by Crippen LogP contribution is 2.30. The number of benzene rings is 2. The number of anilines is 1. The molecule has 2 aromatic carbocycles. The Kier molecular flexibility index (Phi) is 5.09. The number of para-hydroxylation sites is 1. The molecule has 21 heavy (non-hydrogen) atoms. The van der Waals surface area contributed by atoms with Gasteiger partial charge in [-0.1, -0.05) is 35.3 Å². The van der Waals surface area contributed by atoms with Crippen LogP contribution < -0.4 is 10.1 Å². The van der Waals surface area contributed by atoms with Crippen LogP contribution in [0.1, 0.15) is 5.56 Å². The van der Waals surface area contributed by atoms with Crippen molar-refractivity contribution in [2.45, 2.75) is 13.2 Å². The van der Waals surface area contributed by atoms with Crippen molar-refractivity contribution in [2.24, 2.45) is 0 Å². The van der Waals surface area contributed by atoms with E-state index in [1.54, 1.807) is 24.3 Å². The number of nitrogens with one attached hydrogen (secondary N) is 1. The topological polar surface area (TPSA) is 41.5 Å². The molecule has 0 aliphatic rings. The largest absolute Gasteiger partial charge is 0.506 e. The Morgan fingerprint density at radius 2 is 1.90 bits per heavy atom. The lowest BCUT2D eigenvalue weighted by atomic mass is 10.2. The molecule has 0 fully saturated rings. The number of halogens is 4. The second kappa shape index (κ2) is 6.83. The SMILES string of the molecule is Oc1c(Cl)cccc1CNc1ccc(OC(F)F)c(Cl)c1. The fourth-order valence-corrected chi connectivity index (χ4v) is 2.12. The Morgan fingerprint density at radius 1 is 1.14 bits per heavy atom. The van der Waals surface area contributed by atoms with Gasteiger partial charge in [-0.05, 0) is 24.3 Å². The molecule has 3 nitrogen and oxygen atoms in total. The summed E-state index contributed by atoms with van der Waals surface area (Å²) < 4.78 is 28.5. The molecule has 2 rings (SSSR count). The monoisotopic (exact) mass is 333 g/mol. The van der Waals surface area contributed by atoms with Crippen molar-refractivity contribution in [3.8, 4) is 11.5 Å². The van der Waals surface area contributed by atoms with E-state index in [1.807, 2.05) is 0 Å². The van der Waals surface area contributed by atoms with E-state index in [9.17, 15) is 13.9 Å². The molecule has 0 aromatic heterocycles. The standard InChI is InChI=1S/C14H11Cl2F2NO2/c15-10-3-1-2-8(13(10)20)7-19-9-4-5-12(11(16)6-9)21-14(17)18/h1-6,14,19-20H,7H2. The number of phenolic OH excluding ortho intramolecular Hbond substituents is 1. The van der Waals surface area contributed by atoms with Crippen LogP contribution in [-0.4, -0.2) is 11.7 Å². The molecule has 0 saturated carbocycles. The van der Waals surface area contributed by atoms with E-state index in [0.717, 1.165) is 0 Å². The molecule has 2 aromatic rings. The van der Waals surface area contributed by atoms with Crippen molar-refractivity contribution >= 4 is 28.9 Å². The third-order valence-electron chi connectivity index (χ3n) is 2.70. The van der Waals surface area contributed by atoms with Crippen molar-refractivity contribution in [3.63, 3.8) is 0 Å². The van der Waals surface area contributed by atoms with Crippen LogP contribution in [0.2, 0.25) is 10.0 Å². The highest BCUT2D eigenvalue weighted by atomic mass is 35.5. The summed E-state index contributed by atoms with van der Waals surface area (Å²) in [6.07, 6.45) is 0. The van der Waals surface area contributed by atoms with Gasteiger partial charge < -0.3 is 15.2 Å². The lowest BCUT2D eigenvalue weighted by Crippen LogP contribution is -2.03. The van der Waals surface area contributed by atoms with Gasteiger partial charge in [-0.15, -0.1) is 0 Å². The molecule has 0 bridgehead atoms. The maximum absolute atomic E-state index is 12.1. The predicted octanol–water partition coefficient (Wildman–Crippen LogP) is 4.91. The van der Waals surface area contributed by atoms with Gasteiger partial charge in [-0.25, -0.2) is 0 Å². The smallest absolute Gasteiger partial charge is 0.387 e. The van der Waals surface area contributed by atoms with Crippen LogP contribution >= 0.6 is 23.2 Å². The molecule has 0 radical (unpaired) electrons. The van der Waals surface area contributed by atoms with Crippen molar-refractivity contribution in [2.75, 3.05) is 5.32 Å². The molecule has 0 spiro atoms. The quantitative estimate of drug-likeness (QED) is 0.816. The molecule has 0 amide bonds. The van der Waals surface area contributed by atoms with Crippen LogP contribution in [0.3, 0.4) is 0 Å². The van der Waals surface area contributed by atoms with Crippen LogP contribution in [0.5, 0.6) is 11.5 Å². The predicted molar refractivity (Wildman–Crippen MR) is 78.5 cm³/mol. The number of ether oxygens (including phenoxy) is 1. The minimum absolute atomic E-state index is 0.00424. The van der Waals surface area contributed by atoms with E-state index < -0.39 is 6.61 Å². The Balaban J connectivity index is 2.07. The van der Waals surface area contributed by atoms with Crippen LogP contribution in [-0.2, 0) is 6.54 Å². The fourth-order valence-electron chi connectivity index (χ4n) is 1.70. The molecule has 0 unspecified atom stereocenters. The minimum atomic E-state index is -2.93. The molecular formula is C14H11Cl2F2NO2. The van der Waals surface area contributed by atoms with Gasteiger partial charge in [0.2, 0.25) is 0 Å². The van der Waals surface area contributed by atoms with Crippen LogP contribution in [0, 0.1) is 0 Å². The summed E-state index contributed by atoms with van der Waals surface area (Å²) in [6, 6.07) is 9.35. The highest BCUT2D eigenvalue weighted by Gasteiger charge is 2.09. The Labute approximate surface area is 130 Å². The zero-order valence-corrected chi connectivity index (χ0v) is 12.1. The molecule has 112 valence electrons. The molecular weight excluding hydrogens is 323 g/mol. The van der Waals surface area contributed by atoms with E-state index >= 15 is 0 Å². The number of hydrogen-bond acceptors (Lipinski definition) is 3. The molecule has 0 atom stereocenters. The second-order valence-electron chi connectivity index (χ2n) is 4.12. The highest BCUT2D eigenvalue weighted by molar-refractivity contribution is 6.32. The first-order valence-corrected chi connectivity index (χ1v) is 6.67. The van der Waals surface area contributed by atoms with Gasteiger partial charge in [0.1, 0.15) is 11.5 Å². The normalized spacial score (nSPS) is 10.7. The molecule has 7 heteroatoms. The molecule has 2 N–H and O–H groups in total. The summed E-state index contributed by atoms with van der Waals surface area (Å²) in [6.45, 7) is -2.62. The summed E-state index contributed by atoms with van der Waals surface area (Å²) >= 11 is 11.6. The summed E-state index contributed by atoms with van der Waals surface area (Å²) in [7, 11) is 0. The van der Waals surface area contributed by atoms with Crippen LogP contribution in [0.15, 0.2) is 36.4 Å². The average Bonchev–Trinajstić information content (AvgIpc) is 2.43. The summed E-state index contributed by atoms with van der Waals surface area (Å²) in [4.78, 5) is 0. The van der Waals surface area contributed by atoms with E-state index in [-0.39, 0.29) is 21.5 Å². The zero-order valence-electron chi connectivity index (χ0n) is 10.6. The van der Waals surface area contributed by atoms with Crippen molar-refractivity contribution < 1.29 is 18.6 Å². The first-order valence-electron chi connectivity index (χ1n) is 5.92. The van der Waals surface area contributed by atoms with Crippen LogP contribution in [0.4, 0.5) is 14.5 Å². The van der Waals surface area contributed by atoms with E-state index in [2.05, 4.69) is 10.1 Å². The average molecular weight is 334 g/mol.